The number of hydrogen-bond donors (Lipinski definition) is 2. The van der Waals surface area contributed by atoms with Gasteiger partial charge < -0.3 is 11.1 Å². The van der Waals surface area contributed by atoms with Crippen LogP contribution in [0.1, 0.15) is 11.3 Å². The fraction of sp³-hybridized carbons (Fsp3) is 0.182. The molecule has 2 aromatic rings. The van der Waals surface area contributed by atoms with Gasteiger partial charge in [-0.05, 0) is 18.6 Å². The number of nitrogens with two attached hydrogens (primary N) is 1. The molecule has 19 heavy (non-hydrogen) atoms. The molecule has 8 nitrogen and oxygen atoms in total. The Labute approximate surface area is 108 Å². The van der Waals surface area contributed by atoms with Crippen LogP contribution in [-0.4, -0.2) is 19.9 Å². The molecule has 8 heteroatoms. The molecule has 98 valence electrons. The van der Waals surface area contributed by atoms with Crippen LogP contribution in [0.3, 0.4) is 0 Å². The highest BCUT2D eigenvalue weighted by atomic mass is 16.6. The molecule has 0 aliphatic carbocycles. The summed E-state index contributed by atoms with van der Waals surface area (Å²) in [4.78, 5) is 21.8. The minimum atomic E-state index is -0.560. The Morgan fingerprint density at radius 1 is 1.37 bits per heavy atom. The number of pyridine rings is 1. The highest BCUT2D eigenvalue weighted by molar-refractivity contribution is 5.56. The van der Waals surface area contributed by atoms with Crippen molar-refractivity contribution in [2.75, 3.05) is 11.1 Å². The first kappa shape index (κ1) is 12.7. The van der Waals surface area contributed by atoms with E-state index in [1.54, 1.807) is 6.20 Å². The third kappa shape index (κ3) is 3.12. The maximum Gasteiger partial charge on any atom is 0.329 e. The number of aromatic nitrogens is 3. The van der Waals surface area contributed by atoms with Gasteiger partial charge >= 0.3 is 5.69 Å². The lowest BCUT2D eigenvalue weighted by molar-refractivity contribution is -0.384. The Kier molecular flexibility index (Phi) is 3.51. The molecule has 0 aliphatic rings. The minimum absolute atomic E-state index is 0.0184. The zero-order valence-corrected chi connectivity index (χ0v) is 10.2. The van der Waals surface area contributed by atoms with E-state index in [1.165, 1.54) is 0 Å². The average molecular weight is 260 g/mol. The lowest BCUT2D eigenvalue weighted by atomic mass is 10.2. The molecule has 0 spiro atoms. The SMILES string of the molecule is Cc1ccc(CNc2nc(N)ncc2[N+](=O)[O-])cn1. The summed E-state index contributed by atoms with van der Waals surface area (Å²) >= 11 is 0. The molecule has 0 amide bonds. The first-order chi connectivity index (χ1) is 9.06. The molecule has 0 bridgehead atoms. The predicted molar refractivity (Wildman–Crippen MR) is 69.4 cm³/mol. The van der Waals surface area contributed by atoms with Crippen molar-refractivity contribution in [1.82, 2.24) is 15.0 Å². The predicted octanol–water partition coefficient (Wildman–Crippen LogP) is 1.28. The largest absolute Gasteiger partial charge is 0.368 e. The summed E-state index contributed by atoms with van der Waals surface area (Å²) in [6.45, 7) is 2.25. The standard InChI is InChI=1S/C11H12N6O2/c1-7-2-3-8(4-13-7)5-14-10-9(17(18)19)6-15-11(12)16-10/h2-4,6H,5H2,1H3,(H3,12,14,15,16). The van der Waals surface area contributed by atoms with Crippen LogP contribution < -0.4 is 11.1 Å². The summed E-state index contributed by atoms with van der Waals surface area (Å²) in [5, 5.41) is 13.7. The number of aryl methyl sites for hydroxylation is 1. The summed E-state index contributed by atoms with van der Waals surface area (Å²) in [6, 6.07) is 3.74. The number of hydrogen-bond acceptors (Lipinski definition) is 7. The molecule has 2 aromatic heterocycles. The van der Waals surface area contributed by atoms with Crippen LogP contribution in [0, 0.1) is 17.0 Å². The molecular weight excluding hydrogens is 248 g/mol. The van der Waals surface area contributed by atoms with E-state index in [1.807, 2.05) is 19.1 Å². The number of nitrogens with one attached hydrogen (secondary N) is 1. The molecule has 0 atom stereocenters. The molecule has 0 saturated heterocycles. The molecule has 3 N–H and O–H groups in total. The van der Waals surface area contributed by atoms with Crippen LogP contribution in [0.25, 0.3) is 0 Å². The summed E-state index contributed by atoms with van der Waals surface area (Å²) in [7, 11) is 0. The maximum atomic E-state index is 10.8. The van der Waals surface area contributed by atoms with Crippen molar-refractivity contribution in [2.45, 2.75) is 13.5 Å². The number of rotatable bonds is 4. The topological polar surface area (TPSA) is 120 Å². The third-order valence-corrected chi connectivity index (χ3v) is 2.42. The van der Waals surface area contributed by atoms with Gasteiger partial charge in [-0.3, -0.25) is 15.1 Å². The molecule has 0 saturated carbocycles. The highest BCUT2D eigenvalue weighted by Crippen LogP contribution is 2.21. The smallest absolute Gasteiger partial charge is 0.329 e. The van der Waals surface area contributed by atoms with Gasteiger partial charge in [0.15, 0.2) is 0 Å². The van der Waals surface area contributed by atoms with Gasteiger partial charge in [0.25, 0.3) is 0 Å². The number of nitrogens with zero attached hydrogens (tertiary/aromatic N) is 4. The minimum Gasteiger partial charge on any atom is -0.368 e. The average Bonchev–Trinajstić information content (AvgIpc) is 2.38. The van der Waals surface area contributed by atoms with Crippen molar-refractivity contribution in [1.29, 1.82) is 0 Å². The van der Waals surface area contributed by atoms with E-state index in [0.29, 0.717) is 6.54 Å². The van der Waals surface area contributed by atoms with E-state index in [0.717, 1.165) is 17.5 Å². The van der Waals surface area contributed by atoms with Gasteiger partial charge in [-0.1, -0.05) is 6.07 Å². The second-order valence-electron chi connectivity index (χ2n) is 3.88. The second-order valence-corrected chi connectivity index (χ2v) is 3.88. The Morgan fingerprint density at radius 2 is 2.16 bits per heavy atom. The first-order valence-electron chi connectivity index (χ1n) is 5.48. The van der Waals surface area contributed by atoms with Gasteiger partial charge in [-0.2, -0.15) is 4.98 Å². The Balaban J connectivity index is 2.16. The van der Waals surface area contributed by atoms with Crippen LogP contribution in [0.15, 0.2) is 24.5 Å². The maximum absolute atomic E-state index is 10.8. The fourth-order valence-corrected chi connectivity index (χ4v) is 1.44. The van der Waals surface area contributed by atoms with Gasteiger partial charge in [0, 0.05) is 18.4 Å². The highest BCUT2D eigenvalue weighted by Gasteiger charge is 2.16. The molecule has 2 heterocycles. The van der Waals surface area contributed by atoms with Crippen molar-refractivity contribution in [3.8, 4) is 0 Å². The normalized spacial score (nSPS) is 10.2. The van der Waals surface area contributed by atoms with Crippen molar-refractivity contribution in [3.63, 3.8) is 0 Å². The van der Waals surface area contributed by atoms with E-state index < -0.39 is 4.92 Å². The lowest BCUT2D eigenvalue weighted by Gasteiger charge is -2.06. The molecule has 2 rings (SSSR count). The molecule has 0 fully saturated rings. The van der Waals surface area contributed by atoms with Gasteiger partial charge in [0.1, 0.15) is 6.20 Å². The van der Waals surface area contributed by atoms with E-state index >= 15 is 0 Å². The van der Waals surface area contributed by atoms with Gasteiger partial charge in [0.2, 0.25) is 11.8 Å². The molecular formula is C11H12N6O2. The quantitative estimate of drug-likeness (QED) is 0.627. The Hall–Kier alpha value is -2.77. The van der Waals surface area contributed by atoms with Crippen molar-refractivity contribution in [2.24, 2.45) is 0 Å². The zero-order valence-electron chi connectivity index (χ0n) is 10.2. The van der Waals surface area contributed by atoms with Crippen LogP contribution in [0.2, 0.25) is 0 Å². The van der Waals surface area contributed by atoms with Crippen LogP contribution in [-0.2, 0) is 6.54 Å². The van der Waals surface area contributed by atoms with Crippen molar-refractivity contribution >= 4 is 17.5 Å². The van der Waals surface area contributed by atoms with E-state index in [-0.39, 0.29) is 17.5 Å². The van der Waals surface area contributed by atoms with Crippen LogP contribution >= 0.6 is 0 Å². The monoisotopic (exact) mass is 260 g/mol. The summed E-state index contributed by atoms with van der Waals surface area (Å²) in [5.74, 6) is 0.0770. The molecule has 0 aliphatic heterocycles. The van der Waals surface area contributed by atoms with Crippen LogP contribution in [0.4, 0.5) is 17.5 Å². The van der Waals surface area contributed by atoms with Crippen molar-refractivity contribution < 1.29 is 4.92 Å². The summed E-state index contributed by atoms with van der Waals surface area (Å²) in [5.41, 5.74) is 7.00. The molecule has 0 unspecified atom stereocenters. The lowest BCUT2D eigenvalue weighted by Crippen LogP contribution is -2.07. The Morgan fingerprint density at radius 3 is 2.79 bits per heavy atom. The van der Waals surface area contributed by atoms with Gasteiger partial charge in [-0.25, -0.2) is 4.98 Å². The second kappa shape index (κ2) is 5.25. The first-order valence-corrected chi connectivity index (χ1v) is 5.48. The molecule has 0 radical (unpaired) electrons. The Bertz CT molecular complexity index is 599. The zero-order chi connectivity index (χ0) is 13.8. The van der Waals surface area contributed by atoms with E-state index in [9.17, 15) is 10.1 Å². The summed E-state index contributed by atoms with van der Waals surface area (Å²) in [6.07, 6.45) is 2.77. The van der Waals surface area contributed by atoms with Gasteiger partial charge in [-0.15, -0.1) is 0 Å². The van der Waals surface area contributed by atoms with Crippen LogP contribution in [0.5, 0.6) is 0 Å². The van der Waals surface area contributed by atoms with E-state index in [4.69, 9.17) is 5.73 Å². The summed E-state index contributed by atoms with van der Waals surface area (Å²) < 4.78 is 0. The third-order valence-electron chi connectivity index (χ3n) is 2.42. The number of anilines is 2. The number of nitrogen functional groups attached to an aromatic ring is 1. The number of nitro groups is 1. The van der Waals surface area contributed by atoms with Gasteiger partial charge in [0.05, 0.1) is 4.92 Å². The van der Waals surface area contributed by atoms with Crippen molar-refractivity contribution in [3.05, 3.63) is 45.9 Å². The molecule has 0 aromatic carbocycles. The fourth-order valence-electron chi connectivity index (χ4n) is 1.44. The van der Waals surface area contributed by atoms with E-state index in [2.05, 4.69) is 20.3 Å².